The number of carbonyl (C=O) groups is 3. The van der Waals surface area contributed by atoms with Crippen molar-refractivity contribution < 1.29 is 19.2 Å². The lowest BCUT2D eigenvalue weighted by molar-refractivity contribution is -0.145. The molecule has 1 aliphatic rings. The van der Waals surface area contributed by atoms with Crippen molar-refractivity contribution in [2.45, 2.75) is 25.7 Å². The third-order valence-electron chi connectivity index (χ3n) is 3.53. The minimum Gasteiger partial charge on any atom is -0.316 e. The average molecular weight is 329 g/mol. The zero-order chi connectivity index (χ0) is 16.9. The van der Waals surface area contributed by atoms with E-state index in [9.17, 15) is 14.4 Å². The van der Waals surface area contributed by atoms with Crippen LogP contribution < -0.4 is 4.84 Å². The Labute approximate surface area is 136 Å². The van der Waals surface area contributed by atoms with Crippen LogP contribution in [0.25, 0.3) is 11.2 Å². The molecule has 124 valence electrons. The molecule has 9 heteroatoms. The van der Waals surface area contributed by atoms with Crippen LogP contribution in [0.2, 0.25) is 0 Å². The van der Waals surface area contributed by atoms with Gasteiger partial charge >= 0.3 is 5.97 Å². The molecule has 0 unspecified atom stereocenters. The van der Waals surface area contributed by atoms with Gasteiger partial charge in [-0.25, -0.2) is 9.78 Å². The maximum atomic E-state index is 11.8. The molecule has 0 radical (unpaired) electrons. The van der Waals surface area contributed by atoms with Crippen molar-refractivity contribution >= 4 is 28.9 Å². The summed E-state index contributed by atoms with van der Waals surface area (Å²) in [6, 6.07) is 3.43. The van der Waals surface area contributed by atoms with E-state index in [0.29, 0.717) is 37.0 Å². The van der Waals surface area contributed by atoms with E-state index in [-0.39, 0.29) is 18.2 Å². The van der Waals surface area contributed by atoms with Gasteiger partial charge in [-0.2, -0.15) is 0 Å². The van der Waals surface area contributed by atoms with Crippen molar-refractivity contribution in [1.82, 2.24) is 25.0 Å². The van der Waals surface area contributed by atoms with Crippen LogP contribution in [-0.2, 0) is 14.4 Å². The topological polar surface area (TPSA) is 107 Å². The van der Waals surface area contributed by atoms with Crippen molar-refractivity contribution in [3.63, 3.8) is 0 Å². The molecular weight excluding hydrogens is 314 g/mol. The van der Waals surface area contributed by atoms with Gasteiger partial charge in [0, 0.05) is 31.3 Å². The molecular formula is C15H15N5O4. The van der Waals surface area contributed by atoms with Gasteiger partial charge in [0.05, 0.1) is 0 Å². The van der Waals surface area contributed by atoms with Gasteiger partial charge in [0.15, 0.2) is 0 Å². The molecule has 0 atom stereocenters. The van der Waals surface area contributed by atoms with Gasteiger partial charge < -0.3 is 4.84 Å². The number of hydrogen-bond donors (Lipinski definition) is 0. The van der Waals surface area contributed by atoms with Crippen molar-refractivity contribution in [3.8, 4) is 0 Å². The highest BCUT2D eigenvalue weighted by Gasteiger charge is 2.22. The second-order valence-corrected chi connectivity index (χ2v) is 5.24. The minimum atomic E-state index is -0.442. The molecule has 2 aromatic rings. The minimum absolute atomic E-state index is 0.203. The first-order valence-corrected chi connectivity index (χ1v) is 7.56. The van der Waals surface area contributed by atoms with Crippen LogP contribution >= 0.6 is 0 Å². The lowest BCUT2D eigenvalue weighted by atomic mass is 10.2. The summed E-state index contributed by atoms with van der Waals surface area (Å²) < 4.78 is 0. The van der Waals surface area contributed by atoms with Gasteiger partial charge in [-0.15, -0.1) is 5.10 Å². The lowest BCUT2D eigenvalue weighted by Crippen LogP contribution is -2.30. The van der Waals surface area contributed by atoms with E-state index in [1.165, 1.54) is 17.1 Å². The molecule has 0 saturated heterocycles. The van der Waals surface area contributed by atoms with E-state index in [1.54, 1.807) is 18.3 Å². The van der Waals surface area contributed by atoms with Crippen molar-refractivity contribution in [3.05, 3.63) is 30.5 Å². The highest BCUT2D eigenvalue weighted by atomic mass is 16.7. The first-order chi connectivity index (χ1) is 11.6. The second-order valence-electron chi connectivity index (χ2n) is 5.24. The number of imide groups is 1. The van der Waals surface area contributed by atoms with Gasteiger partial charge in [-0.3, -0.25) is 14.5 Å². The fraction of sp³-hybridized carbons (Fsp3) is 0.333. The molecule has 3 heterocycles. The van der Waals surface area contributed by atoms with Gasteiger partial charge in [0.25, 0.3) is 11.8 Å². The molecule has 0 aliphatic carbocycles. The van der Waals surface area contributed by atoms with E-state index in [0.717, 1.165) is 4.85 Å². The fourth-order valence-corrected chi connectivity index (χ4v) is 2.32. The summed E-state index contributed by atoms with van der Waals surface area (Å²) >= 11 is 0. The fourth-order valence-electron chi connectivity index (χ4n) is 2.32. The number of pyridine rings is 1. The van der Waals surface area contributed by atoms with Gasteiger partial charge in [0.1, 0.15) is 5.52 Å². The third kappa shape index (κ3) is 3.45. The summed E-state index contributed by atoms with van der Waals surface area (Å²) in [5.41, 5.74) is 0.920. The Kier molecular flexibility index (Phi) is 4.59. The zero-order valence-corrected chi connectivity index (χ0v) is 12.8. The summed E-state index contributed by atoms with van der Waals surface area (Å²) in [6.45, 7) is 0.358. The smallest absolute Gasteiger partial charge is 0.316 e. The number of amides is 2. The molecule has 0 saturated carbocycles. The normalized spacial score (nSPS) is 13.9. The number of unbranched alkanes of at least 4 members (excludes halogenated alkanes) is 2. The van der Waals surface area contributed by atoms with E-state index in [1.807, 2.05) is 0 Å². The van der Waals surface area contributed by atoms with Gasteiger partial charge in [-0.1, -0.05) is 6.42 Å². The number of nitrogens with zero attached hydrogens (tertiary/aromatic N) is 5. The third-order valence-corrected chi connectivity index (χ3v) is 3.53. The molecule has 1 aliphatic heterocycles. The molecule has 0 bridgehead atoms. The zero-order valence-electron chi connectivity index (χ0n) is 12.8. The predicted octanol–water partition coefficient (Wildman–Crippen LogP) is 0.267. The summed E-state index contributed by atoms with van der Waals surface area (Å²) in [4.78, 5) is 45.9. The predicted molar refractivity (Wildman–Crippen MR) is 81.2 cm³/mol. The van der Waals surface area contributed by atoms with Crippen LogP contribution in [0.5, 0.6) is 0 Å². The monoisotopic (exact) mass is 329 g/mol. The molecule has 9 nitrogen and oxygen atoms in total. The average Bonchev–Trinajstić information content (AvgIpc) is 3.12. The van der Waals surface area contributed by atoms with E-state index in [2.05, 4.69) is 15.3 Å². The standard InChI is InChI=1S/C15H15N5O4/c21-12-7-8-13(22)19(12)10-3-1-2-6-14(23)24-20-15-11(17-18-20)5-4-9-16-15/h4-5,7-9H,1-3,6,10H2. The van der Waals surface area contributed by atoms with E-state index >= 15 is 0 Å². The molecule has 2 aromatic heterocycles. The van der Waals surface area contributed by atoms with Crippen LogP contribution in [0, 0.1) is 0 Å². The Hall–Kier alpha value is -3.10. The summed E-state index contributed by atoms with van der Waals surface area (Å²) in [6.07, 6.45) is 6.21. The Morgan fingerprint density at radius 2 is 1.92 bits per heavy atom. The Balaban J connectivity index is 1.39. The second kappa shape index (κ2) is 6.99. The van der Waals surface area contributed by atoms with Crippen LogP contribution in [0.15, 0.2) is 30.5 Å². The Morgan fingerprint density at radius 3 is 2.71 bits per heavy atom. The van der Waals surface area contributed by atoms with Crippen LogP contribution in [-0.4, -0.2) is 49.4 Å². The van der Waals surface area contributed by atoms with Crippen LogP contribution in [0.4, 0.5) is 0 Å². The quantitative estimate of drug-likeness (QED) is 0.407. The molecule has 2 amide bonds. The molecule has 0 fully saturated rings. The molecule has 0 N–H and O–H groups in total. The number of rotatable bonds is 7. The van der Waals surface area contributed by atoms with E-state index < -0.39 is 5.97 Å². The molecule has 0 aromatic carbocycles. The number of carbonyl (C=O) groups excluding carboxylic acids is 3. The highest BCUT2D eigenvalue weighted by Crippen LogP contribution is 2.08. The van der Waals surface area contributed by atoms with Crippen molar-refractivity contribution in [2.24, 2.45) is 0 Å². The van der Waals surface area contributed by atoms with Crippen molar-refractivity contribution in [1.29, 1.82) is 0 Å². The van der Waals surface area contributed by atoms with Crippen LogP contribution in [0.1, 0.15) is 25.7 Å². The summed E-state index contributed by atoms with van der Waals surface area (Å²) in [5.74, 6) is -1.02. The van der Waals surface area contributed by atoms with E-state index in [4.69, 9.17) is 4.84 Å². The largest absolute Gasteiger partial charge is 0.335 e. The Bertz CT molecular complexity index is 795. The van der Waals surface area contributed by atoms with Gasteiger partial charge in [0.2, 0.25) is 5.65 Å². The molecule has 3 rings (SSSR count). The first kappa shape index (κ1) is 15.8. The number of hydrogen-bond acceptors (Lipinski definition) is 7. The highest BCUT2D eigenvalue weighted by molar-refractivity contribution is 6.12. The maximum Gasteiger partial charge on any atom is 0.335 e. The lowest BCUT2D eigenvalue weighted by Gasteiger charge is -2.12. The molecule has 0 spiro atoms. The van der Waals surface area contributed by atoms with Gasteiger partial charge in [-0.05, 0) is 35.0 Å². The van der Waals surface area contributed by atoms with Crippen molar-refractivity contribution in [2.75, 3.05) is 6.54 Å². The maximum absolute atomic E-state index is 11.8. The SMILES string of the molecule is O=C(CCCCCN1C(=O)C=CC1=O)On1nnc2cccnc21. The molecule has 24 heavy (non-hydrogen) atoms. The summed E-state index contributed by atoms with van der Waals surface area (Å²) in [7, 11) is 0. The van der Waals surface area contributed by atoms with Crippen LogP contribution in [0.3, 0.4) is 0 Å². The number of fused-ring (bicyclic) bond motifs is 1. The number of aromatic nitrogens is 4. The first-order valence-electron chi connectivity index (χ1n) is 7.56. The summed E-state index contributed by atoms with van der Waals surface area (Å²) in [5, 5.41) is 7.56. The Morgan fingerprint density at radius 1 is 1.12 bits per heavy atom.